The highest BCUT2D eigenvalue weighted by Crippen LogP contribution is 2.38. The number of nitrogens with zero attached hydrogens (tertiary/aromatic N) is 1. The highest BCUT2D eigenvalue weighted by Gasteiger charge is 2.47. The van der Waals surface area contributed by atoms with Crippen molar-refractivity contribution in [2.75, 3.05) is 0 Å². The minimum absolute atomic E-state index is 0.0165. The van der Waals surface area contributed by atoms with Gasteiger partial charge in [0.15, 0.2) is 12.0 Å². The molecule has 1 saturated heterocycles. The van der Waals surface area contributed by atoms with E-state index in [2.05, 4.69) is 16.9 Å². The van der Waals surface area contributed by atoms with Crippen molar-refractivity contribution in [3.63, 3.8) is 0 Å². The van der Waals surface area contributed by atoms with E-state index in [1.807, 2.05) is 61.5 Å². The van der Waals surface area contributed by atoms with E-state index in [1.165, 1.54) is 0 Å². The first-order valence-corrected chi connectivity index (χ1v) is 13.5. The lowest BCUT2D eigenvalue weighted by atomic mass is 10.0. The van der Waals surface area contributed by atoms with E-state index in [4.69, 9.17) is 19.6 Å². The minimum Gasteiger partial charge on any atom is -0.435 e. The lowest BCUT2D eigenvalue weighted by Gasteiger charge is -2.32. The Morgan fingerprint density at radius 1 is 1.05 bits per heavy atom. The third-order valence-electron chi connectivity index (χ3n) is 6.93. The Hall–Kier alpha value is -4.77. The molecule has 42 heavy (non-hydrogen) atoms. The summed E-state index contributed by atoms with van der Waals surface area (Å²) in [5.74, 6) is -3.39. The van der Waals surface area contributed by atoms with Crippen molar-refractivity contribution in [3.8, 4) is 11.3 Å². The summed E-state index contributed by atoms with van der Waals surface area (Å²) in [4.78, 5) is 51.1. The van der Waals surface area contributed by atoms with Gasteiger partial charge in [-0.05, 0) is 37.8 Å². The number of primary amides is 1. The number of aryl methyl sites for hydroxylation is 2. The maximum absolute atomic E-state index is 13.0. The number of aliphatic hydroxyl groups excluding tert-OH is 1. The number of aliphatic hydroxyl groups is 1. The standard InChI is InChI=1S/C22H23N3O4.C9H10O4/c1-13-7-6-10-16(11-13)18-20(29-14(2)24-18)22(28)25-17(19(26)21(23)27)12-15-8-4-3-5-9-15;1-6-7(10)12-9(13-8(6)11)4-2-3-5-9/h3-11,17,19,26H,12H2,1-2H3,(H2,23,27)(H,25,28);1-5H2. The van der Waals surface area contributed by atoms with E-state index in [-0.39, 0.29) is 17.8 Å². The van der Waals surface area contributed by atoms with E-state index in [1.54, 1.807) is 6.92 Å². The molecule has 1 saturated carbocycles. The zero-order valence-electron chi connectivity index (χ0n) is 23.4. The Morgan fingerprint density at radius 2 is 1.69 bits per heavy atom. The SMILES string of the molecule is C=C1C(=O)OC2(CCCC2)OC1=O.Cc1cccc(-c2nc(C)oc2C(=O)NC(Cc2ccccc2)C(O)C(N)=O)c1. The zero-order valence-corrected chi connectivity index (χ0v) is 23.4. The molecule has 2 aliphatic rings. The molecule has 1 aliphatic heterocycles. The molecule has 1 aromatic heterocycles. The molecule has 1 spiro atoms. The number of hydrogen-bond donors (Lipinski definition) is 3. The van der Waals surface area contributed by atoms with E-state index < -0.39 is 41.7 Å². The van der Waals surface area contributed by atoms with Crippen LogP contribution in [0, 0.1) is 13.8 Å². The number of nitrogens with one attached hydrogen (secondary N) is 1. The van der Waals surface area contributed by atoms with Gasteiger partial charge in [-0.3, -0.25) is 9.59 Å². The number of amides is 2. The smallest absolute Gasteiger partial charge is 0.348 e. The Bertz CT molecular complexity index is 1470. The molecule has 1 aliphatic carbocycles. The van der Waals surface area contributed by atoms with Crippen molar-refractivity contribution >= 4 is 23.8 Å². The second-order valence-electron chi connectivity index (χ2n) is 10.3. The van der Waals surface area contributed by atoms with Crippen molar-refractivity contribution in [2.45, 2.75) is 63.9 Å². The Balaban J connectivity index is 0.000000258. The van der Waals surface area contributed by atoms with Gasteiger partial charge in [0.1, 0.15) is 11.3 Å². The van der Waals surface area contributed by atoms with Crippen molar-refractivity contribution in [3.05, 3.63) is 89.5 Å². The van der Waals surface area contributed by atoms with Crippen molar-refractivity contribution in [1.29, 1.82) is 0 Å². The van der Waals surface area contributed by atoms with Gasteiger partial charge in [0, 0.05) is 25.3 Å². The molecule has 2 unspecified atom stereocenters. The summed E-state index contributed by atoms with van der Waals surface area (Å²) in [6, 6.07) is 15.8. The average molecular weight is 576 g/mol. The van der Waals surface area contributed by atoms with Crippen LogP contribution in [0.3, 0.4) is 0 Å². The number of benzene rings is 2. The van der Waals surface area contributed by atoms with Crippen LogP contribution >= 0.6 is 0 Å². The summed E-state index contributed by atoms with van der Waals surface area (Å²) in [5, 5.41) is 12.9. The van der Waals surface area contributed by atoms with Gasteiger partial charge in [0.25, 0.3) is 11.7 Å². The van der Waals surface area contributed by atoms with Crippen LogP contribution in [0.25, 0.3) is 11.3 Å². The lowest BCUT2D eigenvalue weighted by Crippen LogP contribution is -2.50. The molecule has 220 valence electrons. The number of rotatable bonds is 7. The first-order chi connectivity index (χ1) is 20.0. The fourth-order valence-electron chi connectivity index (χ4n) is 4.79. The second kappa shape index (κ2) is 12.8. The van der Waals surface area contributed by atoms with E-state index in [9.17, 15) is 24.3 Å². The maximum atomic E-state index is 13.0. The van der Waals surface area contributed by atoms with Crippen LogP contribution in [0.1, 0.15) is 53.3 Å². The molecule has 11 nitrogen and oxygen atoms in total. The maximum Gasteiger partial charge on any atom is 0.348 e. The Morgan fingerprint density at radius 3 is 2.29 bits per heavy atom. The molecule has 2 heterocycles. The number of ether oxygens (including phenoxy) is 2. The van der Waals surface area contributed by atoms with Crippen LogP contribution < -0.4 is 11.1 Å². The number of esters is 2. The highest BCUT2D eigenvalue weighted by atomic mass is 16.7. The lowest BCUT2D eigenvalue weighted by molar-refractivity contribution is -0.232. The molecule has 4 N–H and O–H groups in total. The molecular weight excluding hydrogens is 542 g/mol. The molecule has 2 fully saturated rings. The Labute approximate surface area is 242 Å². The molecular formula is C31H33N3O8. The third-order valence-corrected chi connectivity index (χ3v) is 6.93. The summed E-state index contributed by atoms with van der Waals surface area (Å²) in [6.07, 6.45) is 1.74. The van der Waals surface area contributed by atoms with Gasteiger partial charge in [-0.2, -0.15) is 0 Å². The summed E-state index contributed by atoms with van der Waals surface area (Å²) < 4.78 is 15.6. The molecule has 2 atom stereocenters. The summed E-state index contributed by atoms with van der Waals surface area (Å²) in [5.41, 5.74) is 8.05. The topological polar surface area (TPSA) is 171 Å². The minimum atomic E-state index is -1.55. The second-order valence-corrected chi connectivity index (χ2v) is 10.3. The fraction of sp³-hybridized carbons (Fsp3) is 0.323. The summed E-state index contributed by atoms with van der Waals surface area (Å²) in [7, 11) is 0. The summed E-state index contributed by atoms with van der Waals surface area (Å²) >= 11 is 0. The van der Waals surface area contributed by atoms with Crippen LogP contribution in [0.4, 0.5) is 0 Å². The normalized spacial score (nSPS) is 17.0. The van der Waals surface area contributed by atoms with Gasteiger partial charge in [0.2, 0.25) is 11.7 Å². The fourth-order valence-corrected chi connectivity index (χ4v) is 4.79. The van der Waals surface area contributed by atoms with Crippen molar-refractivity contribution in [1.82, 2.24) is 10.3 Å². The molecule has 0 radical (unpaired) electrons. The van der Waals surface area contributed by atoms with Gasteiger partial charge in [-0.15, -0.1) is 0 Å². The monoisotopic (exact) mass is 575 g/mol. The molecule has 3 aromatic rings. The van der Waals surface area contributed by atoms with Gasteiger partial charge < -0.3 is 30.0 Å². The molecule has 11 heteroatoms. The Kier molecular flexibility index (Phi) is 9.21. The third kappa shape index (κ3) is 7.10. The van der Waals surface area contributed by atoms with Gasteiger partial charge in [-0.1, -0.05) is 60.7 Å². The number of carbonyl (C=O) groups excluding carboxylic acids is 4. The van der Waals surface area contributed by atoms with Crippen LogP contribution in [-0.2, 0) is 30.3 Å². The van der Waals surface area contributed by atoms with E-state index in [0.29, 0.717) is 24.4 Å². The van der Waals surface area contributed by atoms with Crippen LogP contribution in [-0.4, -0.2) is 51.8 Å². The van der Waals surface area contributed by atoms with Crippen molar-refractivity contribution < 1.29 is 38.2 Å². The van der Waals surface area contributed by atoms with E-state index in [0.717, 1.165) is 29.5 Å². The number of nitrogens with two attached hydrogens (primary N) is 1. The predicted octanol–water partition coefficient (Wildman–Crippen LogP) is 3.06. The van der Waals surface area contributed by atoms with Crippen LogP contribution in [0.5, 0.6) is 0 Å². The first-order valence-electron chi connectivity index (χ1n) is 13.5. The number of aromatic nitrogens is 1. The average Bonchev–Trinajstić information content (AvgIpc) is 3.58. The predicted molar refractivity (Wildman–Crippen MR) is 151 cm³/mol. The van der Waals surface area contributed by atoms with Gasteiger partial charge in [0.05, 0.1) is 6.04 Å². The molecule has 0 bridgehead atoms. The van der Waals surface area contributed by atoms with Crippen LogP contribution in [0.15, 0.2) is 71.2 Å². The van der Waals surface area contributed by atoms with Crippen LogP contribution in [0.2, 0.25) is 0 Å². The zero-order chi connectivity index (χ0) is 30.4. The quantitative estimate of drug-likeness (QED) is 0.218. The molecule has 2 amide bonds. The molecule has 5 rings (SSSR count). The number of hydrogen-bond acceptors (Lipinski definition) is 9. The van der Waals surface area contributed by atoms with Crippen molar-refractivity contribution in [2.24, 2.45) is 5.73 Å². The first kappa shape index (κ1) is 30.2. The van der Waals surface area contributed by atoms with E-state index >= 15 is 0 Å². The molecule has 2 aromatic carbocycles. The van der Waals surface area contributed by atoms with Gasteiger partial charge >= 0.3 is 11.9 Å². The number of oxazole rings is 1. The summed E-state index contributed by atoms with van der Waals surface area (Å²) in [6.45, 7) is 6.87. The van der Waals surface area contributed by atoms with Gasteiger partial charge in [-0.25, -0.2) is 14.6 Å². The number of carbonyl (C=O) groups is 4. The highest BCUT2D eigenvalue weighted by molar-refractivity contribution is 6.14. The largest absolute Gasteiger partial charge is 0.435 e.